The minimum Gasteiger partial charge on any atom is -0.500 e. The van der Waals surface area contributed by atoms with Gasteiger partial charge >= 0.3 is 0 Å². The van der Waals surface area contributed by atoms with Crippen LogP contribution >= 0.6 is 11.3 Å². The maximum atomic E-state index is 6.42. The van der Waals surface area contributed by atoms with Crippen molar-refractivity contribution >= 4 is 43.4 Å². The number of benzene rings is 3. The zero-order chi connectivity index (χ0) is 27.7. The van der Waals surface area contributed by atoms with E-state index in [4.69, 9.17) is 9.40 Å². The van der Waals surface area contributed by atoms with Crippen molar-refractivity contribution < 1.29 is 24.5 Å². The number of thiophene rings is 1. The van der Waals surface area contributed by atoms with E-state index >= 15 is 0 Å². The van der Waals surface area contributed by atoms with Gasteiger partial charge in [-0.1, -0.05) is 61.5 Å². The molecule has 4 heterocycles. The Hall–Kier alpha value is -3.63. The molecule has 0 aliphatic heterocycles. The van der Waals surface area contributed by atoms with Gasteiger partial charge in [0.05, 0.1) is 5.58 Å². The molecule has 0 amide bonds. The Bertz CT molecular complexity index is 1880. The molecule has 0 aliphatic rings. The molecule has 0 atom stereocenters. The SMILES string of the molecule is Cc1cnc(-c2[c-]ccc3c2oc2c4ccsc4ccc32)cc1CC(C)(C)C.[Ir].[c-]1ccccc1-c1ccccn1. The molecule has 207 valence electrons. The molecule has 41 heavy (non-hydrogen) atoms. The summed E-state index contributed by atoms with van der Waals surface area (Å²) in [6, 6.07) is 33.0. The molecule has 4 aromatic heterocycles. The van der Waals surface area contributed by atoms with Gasteiger partial charge in [0.2, 0.25) is 0 Å². The van der Waals surface area contributed by atoms with Gasteiger partial charge in [-0.3, -0.25) is 0 Å². The quantitative estimate of drug-likeness (QED) is 0.170. The molecule has 7 rings (SSSR count). The van der Waals surface area contributed by atoms with Crippen LogP contribution in [0.25, 0.3) is 54.5 Å². The van der Waals surface area contributed by atoms with E-state index in [1.165, 1.54) is 21.2 Å². The first-order chi connectivity index (χ1) is 19.4. The van der Waals surface area contributed by atoms with Crippen LogP contribution < -0.4 is 0 Å². The summed E-state index contributed by atoms with van der Waals surface area (Å²) in [6.45, 7) is 8.94. The van der Waals surface area contributed by atoms with Crippen LogP contribution in [0, 0.1) is 24.5 Å². The number of fused-ring (bicyclic) bond motifs is 5. The van der Waals surface area contributed by atoms with Crippen LogP contribution in [-0.2, 0) is 26.5 Å². The largest absolute Gasteiger partial charge is 0.500 e. The fraction of sp³-hybridized carbons (Fsp3) is 0.167. The molecule has 3 nitrogen and oxygen atoms in total. The van der Waals surface area contributed by atoms with Gasteiger partial charge in [0, 0.05) is 48.0 Å². The summed E-state index contributed by atoms with van der Waals surface area (Å²) in [5.74, 6) is 0. The summed E-state index contributed by atoms with van der Waals surface area (Å²) in [4.78, 5) is 8.94. The second-order valence-electron chi connectivity index (χ2n) is 11.2. The Labute approximate surface area is 258 Å². The van der Waals surface area contributed by atoms with E-state index in [9.17, 15) is 0 Å². The first-order valence-corrected chi connectivity index (χ1v) is 14.3. The van der Waals surface area contributed by atoms with E-state index in [0.29, 0.717) is 0 Å². The van der Waals surface area contributed by atoms with Gasteiger partial charge in [-0.05, 0) is 59.3 Å². The number of aromatic nitrogens is 2. The van der Waals surface area contributed by atoms with Gasteiger partial charge in [-0.25, -0.2) is 0 Å². The minimum atomic E-state index is 0. The van der Waals surface area contributed by atoms with Crippen molar-refractivity contribution in [3.63, 3.8) is 0 Å². The molecule has 0 spiro atoms. The number of rotatable bonds is 3. The molecule has 0 saturated heterocycles. The van der Waals surface area contributed by atoms with Crippen molar-refractivity contribution in [3.05, 3.63) is 120 Å². The Balaban J connectivity index is 0.000000218. The van der Waals surface area contributed by atoms with E-state index in [0.717, 1.165) is 50.9 Å². The Morgan fingerprint density at radius 1 is 0.805 bits per heavy atom. The number of aryl methyl sites for hydroxylation is 1. The molecule has 0 saturated carbocycles. The fourth-order valence-electron chi connectivity index (χ4n) is 4.97. The summed E-state index contributed by atoms with van der Waals surface area (Å²) in [6.07, 6.45) is 4.78. The van der Waals surface area contributed by atoms with Crippen molar-refractivity contribution in [2.24, 2.45) is 5.41 Å². The number of furan rings is 1. The molecule has 0 aliphatic carbocycles. The van der Waals surface area contributed by atoms with Gasteiger partial charge in [0.15, 0.2) is 0 Å². The van der Waals surface area contributed by atoms with Gasteiger partial charge in [0.25, 0.3) is 0 Å². The zero-order valence-corrected chi connectivity index (χ0v) is 26.7. The summed E-state index contributed by atoms with van der Waals surface area (Å²) in [5, 5.41) is 5.56. The first kappa shape index (κ1) is 28.9. The van der Waals surface area contributed by atoms with E-state index < -0.39 is 0 Å². The Morgan fingerprint density at radius 3 is 2.39 bits per heavy atom. The summed E-state index contributed by atoms with van der Waals surface area (Å²) >= 11 is 1.74. The normalized spacial score (nSPS) is 11.3. The predicted octanol–water partition coefficient (Wildman–Crippen LogP) is 10.1. The van der Waals surface area contributed by atoms with Crippen LogP contribution in [0.5, 0.6) is 0 Å². The first-order valence-electron chi connectivity index (χ1n) is 13.4. The predicted molar refractivity (Wildman–Crippen MR) is 168 cm³/mol. The standard InChI is InChI=1S/C25H22NOS.C11H8N.Ir/c1-15-14-26-21(12-16(15)13-25(2,3)4)19-7-5-6-17-18-8-9-22-20(10-11-28-22)24(18)27-23(17)19;1-2-6-10(7-3-1)11-8-4-5-9-12-11;/h5-6,8-12,14H,13H2,1-4H3;1-6,8-9H;/q2*-1;. The van der Waals surface area contributed by atoms with Crippen LogP contribution in [0.2, 0.25) is 0 Å². The van der Waals surface area contributed by atoms with E-state index in [-0.39, 0.29) is 25.5 Å². The van der Waals surface area contributed by atoms with Crippen LogP contribution in [0.3, 0.4) is 0 Å². The van der Waals surface area contributed by atoms with E-state index in [1.807, 2.05) is 54.7 Å². The zero-order valence-electron chi connectivity index (χ0n) is 23.5. The third-order valence-corrected chi connectivity index (χ3v) is 7.75. The molecular weight excluding hydrogens is 701 g/mol. The summed E-state index contributed by atoms with van der Waals surface area (Å²) < 4.78 is 7.66. The third-order valence-electron chi connectivity index (χ3n) is 6.87. The van der Waals surface area contributed by atoms with Gasteiger partial charge in [0.1, 0.15) is 5.58 Å². The van der Waals surface area contributed by atoms with Crippen molar-refractivity contribution in [3.8, 4) is 22.5 Å². The van der Waals surface area contributed by atoms with Crippen LogP contribution in [0.1, 0.15) is 31.9 Å². The van der Waals surface area contributed by atoms with Crippen LogP contribution in [0.4, 0.5) is 0 Å². The fourth-order valence-corrected chi connectivity index (χ4v) is 5.76. The van der Waals surface area contributed by atoms with Gasteiger partial charge in [-0.2, -0.15) is 0 Å². The smallest absolute Gasteiger partial charge is 0.129 e. The maximum absolute atomic E-state index is 6.42. The third kappa shape index (κ3) is 6.18. The molecular formula is C36H30IrN2OS-2. The van der Waals surface area contributed by atoms with E-state index in [1.54, 1.807) is 17.5 Å². The topological polar surface area (TPSA) is 38.9 Å². The van der Waals surface area contributed by atoms with Crippen molar-refractivity contribution in [1.29, 1.82) is 0 Å². The molecule has 0 N–H and O–H groups in total. The monoisotopic (exact) mass is 731 g/mol. The Kier molecular flexibility index (Phi) is 8.51. The molecule has 7 aromatic rings. The molecule has 1 radical (unpaired) electrons. The van der Waals surface area contributed by atoms with Crippen molar-refractivity contribution in [1.82, 2.24) is 9.97 Å². The molecule has 0 bridgehead atoms. The summed E-state index contributed by atoms with van der Waals surface area (Å²) in [7, 11) is 0. The van der Waals surface area contributed by atoms with Crippen molar-refractivity contribution in [2.45, 2.75) is 34.1 Å². The number of hydrogen-bond donors (Lipinski definition) is 0. The van der Waals surface area contributed by atoms with Gasteiger partial charge in [-0.15, -0.1) is 65.4 Å². The second-order valence-corrected chi connectivity index (χ2v) is 12.1. The average Bonchev–Trinajstić information content (AvgIpc) is 3.60. The Morgan fingerprint density at radius 2 is 1.63 bits per heavy atom. The van der Waals surface area contributed by atoms with Gasteiger partial charge < -0.3 is 14.4 Å². The van der Waals surface area contributed by atoms with Crippen LogP contribution in [0.15, 0.2) is 101 Å². The molecule has 5 heteroatoms. The summed E-state index contributed by atoms with van der Waals surface area (Å²) in [5.41, 5.74) is 8.49. The number of hydrogen-bond acceptors (Lipinski definition) is 4. The van der Waals surface area contributed by atoms with E-state index in [2.05, 4.69) is 80.5 Å². The molecule has 0 unspecified atom stereocenters. The molecule has 3 aromatic carbocycles. The number of pyridine rings is 2. The van der Waals surface area contributed by atoms with Crippen molar-refractivity contribution in [2.75, 3.05) is 0 Å². The van der Waals surface area contributed by atoms with Crippen LogP contribution in [-0.4, -0.2) is 9.97 Å². The number of nitrogens with zero attached hydrogens (tertiary/aromatic N) is 2. The average molecular weight is 731 g/mol. The maximum Gasteiger partial charge on any atom is 0.129 e. The second kappa shape index (κ2) is 12.1. The minimum absolute atomic E-state index is 0. The molecule has 0 fully saturated rings.